The first-order valence-electron chi connectivity index (χ1n) is 13.9. The SMILES string of the molecule is CC(C)(C)OC(=O)N[C@H]1CCCCC1OCc1ccccc1.N[C@H]1CCCCC1OCc1ccccc1. The maximum absolute atomic E-state index is 12.0. The first-order valence-corrected chi connectivity index (χ1v) is 13.9. The van der Waals surface area contributed by atoms with Crippen molar-refractivity contribution in [1.82, 2.24) is 5.32 Å². The van der Waals surface area contributed by atoms with Gasteiger partial charge in [-0.25, -0.2) is 4.79 Å². The van der Waals surface area contributed by atoms with Crippen molar-refractivity contribution in [1.29, 1.82) is 0 Å². The molecule has 0 saturated heterocycles. The average Bonchev–Trinajstić information content (AvgIpc) is 2.88. The van der Waals surface area contributed by atoms with E-state index in [1.807, 2.05) is 57.2 Å². The number of nitrogens with two attached hydrogens (primary N) is 1. The van der Waals surface area contributed by atoms with Crippen molar-refractivity contribution in [2.45, 2.75) is 115 Å². The Balaban J connectivity index is 0.000000220. The van der Waals surface area contributed by atoms with Crippen LogP contribution >= 0.6 is 0 Å². The minimum Gasteiger partial charge on any atom is -0.444 e. The van der Waals surface area contributed by atoms with E-state index in [1.54, 1.807) is 0 Å². The van der Waals surface area contributed by atoms with Gasteiger partial charge in [-0.05, 0) is 57.6 Å². The van der Waals surface area contributed by atoms with Crippen molar-refractivity contribution in [3.05, 3.63) is 71.8 Å². The third-order valence-electron chi connectivity index (χ3n) is 6.77. The molecular weight excluding hydrogens is 464 g/mol. The Morgan fingerprint density at radius 1 is 0.784 bits per heavy atom. The summed E-state index contributed by atoms with van der Waals surface area (Å²) in [6, 6.07) is 20.7. The molecule has 0 bridgehead atoms. The molecule has 0 spiro atoms. The molecule has 1 amide bonds. The van der Waals surface area contributed by atoms with Gasteiger partial charge in [0.1, 0.15) is 5.60 Å². The molecule has 0 aromatic heterocycles. The van der Waals surface area contributed by atoms with Crippen LogP contribution in [0.3, 0.4) is 0 Å². The lowest BCUT2D eigenvalue weighted by Gasteiger charge is -2.32. The lowest BCUT2D eigenvalue weighted by atomic mass is 9.92. The second kappa shape index (κ2) is 15.1. The number of hydrogen-bond donors (Lipinski definition) is 2. The van der Waals surface area contributed by atoms with E-state index in [4.69, 9.17) is 19.9 Å². The number of carbonyl (C=O) groups excluding carboxylic acids is 1. The summed E-state index contributed by atoms with van der Waals surface area (Å²) in [5.74, 6) is 0. The zero-order valence-corrected chi connectivity index (χ0v) is 22.9. The van der Waals surface area contributed by atoms with Crippen molar-refractivity contribution < 1.29 is 19.0 Å². The van der Waals surface area contributed by atoms with Gasteiger partial charge in [-0.15, -0.1) is 0 Å². The molecule has 2 saturated carbocycles. The first kappa shape index (κ1) is 29.2. The van der Waals surface area contributed by atoms with Gasteiger partial charge in [0.15, 0.2) is 0 Å². The number of rotatable bonds is 7. The van der Waals surface area contributed by atoms with E-state index in [2.05, 4.69) is 29.6 Å². The van der Waals surface area contributed by atoms with E-state index in [-0.39, 0.29) is 30.4 Å². The Bertz CT molecular complexity index is 900. The highest BCUT2D eigenvalue weighted by Crippen LogP contribution is 2.23. The molecule has 37 heavy (non-hydrogen) atoms. The van der Waals surface area contributed by atoms with Crippen LogP contribution < -0.4 is 11.1 Å². The van der Waals surface area contributed by atoms with Crippen LogP contribution in [-0.4, -0.2) is 36.0 Å². The maximum Gasteiger partial charge on any atom is 0.407 e. The summed E-state index contributed by atoms with van der Waals surface area (Å²) in [6.07, 6.45) is 8.89. The van der Waals surface area contributed by atoms with Gasteiger partial charge in [0, 0.05) is 6.04 Å². The van der Waals surface area contributed by atoms with E-state index in [9.17, 15) is 4.79 Å². The zero-order chi connectivity index (χ0) is 26.5. The summed E-state index contributed by atoms with van der Waals surface area (Å²) in [4.78, 5) is 12.0. The Morgan fingerprint density at radius 3 is 1.81 bits per heavy atom. The van der Waals surface area contributed by atoms with Gasteiger partial charge >= 0.3 is 6.09 Å². The van der Waals surface area contributed by atoms with Crippen LogP contribution in [0.2, 0.25) is 0 Å². The van der Waals surface area contributed by atoms with Gasteiger partial charge in [0.2, 0.25) is 0 Å². The van der Waals surface area contributed by atoms with E-state index in [0.29, 0.717) is 13.2 Å². The van der Waals surface area contributed by atoms with Crippen molar-refractivity contribution in [3.63, 3.8) is 0 Å². The number of benzene rings is 2. The molecule has 6 nitrogen and oxygen atoms in total. The molecule has 2 fully saturated rings. The summed E-state index contributed by atoms with van der Waals surface area (Å²) in [6.45, 7) is 6.89. The Kier molecular flexibility index (Phi) is 11.9. The molecule has 6 heteroatoms. The molecule has 0 aliphatic heterocycles. The van der Waals surface area contributed by atoms with Gasteiger partial charge in [-0.1, -0.05) is 86.3 Å². The topological polar surface area (TPSA) is 82.8 Å². The predicted molar refractivity (Wildman–Crippen MR) is 148 cm³/mol. The minimum absolute atomic E-state index is 0.0345. The standard InChI is InChI=1S/C18H27NO3.C13H19NO/c1-18(2,3)22-17(20)19-15-11-7-8-12-16(15)21-13-14-9-5-4-6-10-14;14-12-8-4-5-9-13(12)15-10-11-6-2-1-3-7-11/h4-6,9-10,15-16H,7-8,11-13H2,1-3H3,(H,19,20);1-3,6-7,12-13H,4-5,8-10,14H2/t15-,16?;12-,13?/m00/s1. The zero-order valence-electron chi connectivity index (χ0n) is 22.9. The number of nitrogens with one attached hydrogen (secondary N) is 1. The molecule has 0 heterocycles. The maximum atomic E-state index is 12.0. The van der Waals surface area contributed by atoms with Crippen LogP contribution in [-0.2, 0) is 27.4 Å². The normalized spacial score (nSPS) is 23.9. The predicted octanol–water partition coefficient (Wildman–Crippen LogP) is 6.51. The quantitative estimate of drug-likeness (QED) is 0.443. The van der Waals surface area contributed by atoms with Gasteiger partial charge in [0.05, 0.1) is 31.5 Å². The Labute approximate surface area is 223 Å². The van der Waals surface area contributed by atoms with E-state index in [1.165, 1.54) is 18.4 Å². The molecule has 0 radical (unpaired) electrons. The molecular formula is C31H46N2O4. The van der Waals surface area contributed by atoms with Crippen molar-refractivity contribution in [2.24, 2.45) is 5.73 Å². The second-order valence-electron chi connectivity index (χ2n) is 11.2. The molecule has 4 atom stereocenters. The van der Waals surface area contributed by atoms with Crippen LogP contribution in [0.25, 0.3) is 0 Å². The van der Waals surface area contributed by atoms with E-state index in [0.717, 1.165) is 44.1 Å². The Morgan fingerprint density at radius 2 is 1.27 bits per heavy atom. The molecule has 2 aromatic carbocycles. The lowest BCUT2D eigenvalue weighted by Crippen LogP contribution is -2.47. The fraction of sp³-hybridized carbons (Fsp3) is 0.581. The lowest BCUT2D eigenvalue weighted by molar-refractivity contribution is -0.0113. The smallest absolute Gasteiger partial charge is 0.407 e. The minimum atomic E-state index is -0.473. The van der Waals surface area contributed by atoms with Gasteiger partial charge in [-0.3, -0.25) is 0 Å². The van der Waals surface area contributed by atoms with E-state index < -0.39 is 5.60 Å². The monoisotopic (exact) mass is 510 g/mol. The van der Waals surface area contributed by atoms with Crippen LogP contribution in [0.4, 0.5) is 4.79 Å². The molecule has 2 aliphatic carbocycles. The average molecular weight is 511 g/mol. The molecule has 4 rings (SSSR count). The third-order valence-corrected chi connectivity index (χ3v) is 6.77. The van der Waals surface area contributed by atoms with E-state index >= 15 is 0 Å². The summed E-state index contributed by atoms with van der Waals surface area (Å²) in [7, 11) is 0. The molecule has 204 valence electrons. The summed E-state index contributed by atoms with van der Waals surface area (Å²) >= 11 is 0. The summed E-state index contributed by atoms with van der Waals surface area (Å²) in [5.41, 5.74) is 7.93. The highest BCUT2D eigenvalue weighted by molar-refractivity contribution is 5.68. The number of carbonyl (C=O) groups is 1. The summed E-state index contributed by atoms with van der Waals surface area (Å²) < 4.78 is 17.2. The second-order valence-corrected chi connectivity index (χ2v) is 11.2. The molecule has 2 unspecified atom stereocenters. The highest BCUT2D eigenvalue weighted by Gasteiger charge is 2.29. The van der Waals surface area contributed by atoms with Gasteiger partial charge < -0.3 is 25.3 Å². The van der Waals surface area contributed by atoms with Crippen molar-refractivity contribution in [2.75, 3.05) is 0 Å². The third kappa shape index (κ3) is 11.2. The van der Waals surface area contributed by atoms with Crippen LogP contribution in [0, 0.1) is 0 Å². The van der Waals surface area contributed by atoms with Crippen LogP contribution in [0.1, 0.15) is 83.3 Å². The van der Waals surface area contributed by atoms with Gasteiger partial charge in [0.25, 0.3) is 0 Å². The Hall–Kier alpha value is -2.41. The van der Waals surface area contributed by atoms with Crippen LogP contribution in [0.15, 0.2) is 60.7 Å². The number of alkyl carbamates (subject to hydrolysis) is 1. The summed E-state index contributed by atoms with van der Waals surface area (Å²) in [5, 5.41) is 2.98. The largest absolute Gasteiger partial charge is 0.444 e. The highest BCUT2D eigenvalue weighted by atomic mass is 16.6. The van der Waals surface area contributed by atoms with Crippen LogP contribution in [0.5, 0.6) is 0 Å². The van der Waals surface area contributed by atoms with Gasteiger partial charge in [-0.2, -0.15) is 0 Å². The fourth-order valence-corrected chi connectivity index (χ4v) is 4.81. The molecule has 2 aliphatic rings. The fourth-order valence-electron chi connectivity index (χ4n) is 4.81. The van der Waals surface area contributed by atoms with Crippen molar-refractivity contribution in [3.8, 4) is 0 Å². The first-order chi connectivity index (χ1) is 17.8. The molecule has 3 N–H and O–H groups in total. The van der Waals surface area contributed by atoms with Crippen molar-refractivity contribution >= 4 is 6.09 Å². The number of hydrogen-bond acceptors (Lipinski definition) is 5. The number of ether oxygens (including phenoxy) is 3. The number of amides is 1. The molecule has 2 aromatic rings.